The topological polar surface area (TPSA) is 48.0 Å². The summed E-state index contributed by atoms with van der Waals surface area (Å²) >= 11 is 5.78. The number of methoxy groups -OCH3 is 2. The Morgan fingerprint density at radius 1 is 0.767 bits per heavy atom. The van der Waals surface area contributed by atoms with Crippen molar-refractivity contribution >= 4 is 23.6 Å². The molecule has 5 nitrogen and oxygen atoms in total. The lowest BCUT2D eigenvalue weighted by Crippen LogP contribution is -2.27. The van der Waals surface area contributed by atoms with Crippen molar-refractivity contribution in [3.05, 3.63) is 64.7 Å². The fourth-order valence-electron chi connectivity index (χ4n) is 4.62. The lowest BCUT2D eigenvalue weighted by atomic mass is 10.0. The second kappa shape index (κ2) is 27.1. The third kappa shape index (κ3) is 17.4. The number of nitrogens with zero attached hydrogens (tertiary/aromatic N) is 1. The van der Waals surface area contributed by atoms with Gasteiger partial charge >= 0.3 is 5.97 Å². The molecular weight excluding hydrogens is 558 g/mol. The van der Waals surface area contributed by atoms with Gasteiger partial charge in [0.1, 0.15) is 11.5 Å². The van der Waals surface area contributed by atoms with Crippen molar-refractivity contribution in [3.63, 3.8) is 0 Å². The summed E-state index contributed by atoms with van der Waals surface area (Å²) < 4.78 is 15.4. The maximum atomic E-state index is 11.2. The number of halogens is 1. The number of unbranched alkanes of at least 4 members (excludes halogenated alkanes) is 3. The Balaban J connectivity index is 0.000000633. The van der Waals surface area contributed by atoms with Gasteiger partial charge < -0.3 is 19.1 Å². The minimum atomic E-state index is -0.199. The highest BCUT2D eigenvalue weighted by Crippen LogP contribution is 2.24. The van der Waals surface area contributed by atoms with Gasteiger partial charge in [0, 0.05) is 11.4 Å². The average Bonchev–Trinajstić information content (AvgIpc) is 3.04. The Bertz CT molecular complexity index is 967. The van der Waals surface area contributed by atoms with Crippen molar-refractivity contribution in [2.45, 2.75) is 105 Å². The summed E-state index contributed by atoms with van der Waals surface area (Å²) in [5, 5.41) is 0. The van der Waals surface area contributed by atoms with E-state index >= 15 is 0 Å². The highest BCUT2D eigenvalue weighted by molar-refractivity contribution is 6.17. The number of hydrogen-bond donors (Lipinski definition) is 0. The smallest absolute Gasteiger partial charge is 0.309 e. The van der Waals surface area contributed by atoms with Crippen LogP contribution < -0.4 is 9.47 Å². The van der Waals surface area contributed by atoms with Gasteiger partial charge in [-0.25, -0.2) is 0 Å². The molecule has 0 spiro atoms. The number of rotatable bonds is 18. The molecule has 2 rings (SSSR count). The summed E-state index contributed by atoms with van der Waals surface area (Å²) in [5.74, 6) is 2.18. The first-order valence-electron chi connectivity index (χ1n) is 16.3. The van der Waals surface area contributed by atoms with E-state index in [1.807, 2.05) is 48.6 Å². The third-order valence-corrected chi connectivity index (χ3v) is 7.35. The summed E-state index contributed by atoms with van der Waals surface area (Å²) in [7, 11) is 3.35. The van der Waals surface area contributed by atoms with Crippen molar-refractivity contribution in [2.75, 3.05) is 40.5 Å². The highest BCUT2D eigenvalue weighted by atomic mass is 35.5. The standard InChI is InChI=1S/C15H20O3.C12H27N.C10H13ClO/c1-4-13-12(8-6-10-14(13)17-3)9-7-11-15(16)18-5-2;1-4-7-10-13(11-8-5-2)12-9-6-3;1-3-9-8(7-11)5-4-6-10(9)12-2/h6-10H,4-5,11H2,1-3H3;4-12H2,1-3H3;4-6H,3,7H2,1-2H3/b9-7-;;. The number of ether oxygens (including phenoxy) is 3. The number of carbonyl (C=O) groups excluding carboxylic acids is 1. The molecule has 6 heteroatoms. The van der Waals surface area contributed by atoms with Gasteiger partial charge in [-0.15, -0.1) is 11.6 Å². The van der Waals surface area contributed by atoms with Crippen LogP contribution in [0.4, 0.5) is 0 Å². The molecule has 0 aromatic heterocycles. The zero-order valence-corrected chi connectivity index (χ0v) is 29.2. The van der Waals surface area contributed by atoms with E-state index in [-0.39, 0.29) is 5.97 Å². The molecule has 0 heterocycles. The molecule has 0 amide bonds. The SMILES string of the molecule is CCCCN(CCCC)CCCC.CCOC(=O)C/C=C\c1cccc(OC)c1CC.CCc1c(CCl)cccc1OC. The summed E-state index contributed by atoms with van der Waals surface area (Å²) in [4.78, 5) is 13.8. The van der Waals surface area contributed by atoms with Crippen molar-refractivity contribution in [3.8, 4) is 11.5 Å². The lowest BCUT2D eigenvalue weighted by Gasteiger charge is -2.21. The summed E-state index contributed by atoms with van der Waals surface area (Å²) in [6.07, 6.45) is 14.0. The van der Waals surface area contributed by atoms with Crippen LogP contribution in [0, 0.1) is 0 Å². The molecule has 0 N–H and O–H groups in total. The Labute approximate surface area is 268 Å². The van der Waals surface area contributed by atoms with Crippen LogP contribution in [0.25, 0.3) is 6.08 Å². The number of alkyl halides is 1. The molecule has 0 fully saturated rings. The average molecular weight is 618 g/mol. The van der Waals surface area contributed by atoms with Crippen LogP contribution in [0.1, 0.15) is 109 Å². The van der Waals surface area contributed by atoms with E-state index in [0.717, 1.165) is 35.5 Å². The van der Waals surface area contributed by atoms with Gasteiger partial charge in [0.25, 0.3) is 0 Å². The molecule has 0 unspecified atom stereocenters. The molecule has 244 valence electrons. The largest absolute Gasteiger partial charge is 0.496 e. The first kappa shape index (κ1) is 40.5. The molecule has 0 bridgehead atoms. The van der Waals surface area contributed by atoms with Crippen molar-refractivity contribution in [1.82, 2.24) is 4.90 Å². The first-order chi connectivity index (χ1) is 20.9. The Morgan fingerprint density at radius 2 is 1.28 bits per heavy atom. The molecule has 0 aliphatic carbocycles. The number of carbonyl (C=O) groups is 1. The van der Waals surface area contributed by atoms with E-state index in [2.05, 4.69) is 39.5 Å². The number of benzene rings is 2. The van der Waals surface area contributed by atoms with Gasteiger partial charge in [-0.05, 0) is 87.5 Å². The molecule has 0 aliphatic heterocycles. The van der Waals surface area contributed by atoms with Crippen molar-refractivity contribution in [1.29, 1.82) is 0 Å². The minimum absolute atomic E-state index is 0.199. The quantitative estimate of drug-likeness (QED) is 0.123. The molecular formula is C37H60ClNO4. The highest BCUT2D eigenvalue weighted by Gasteiger charge is 2.06. The van der Waals surface area contributed by atoms with E-state index in [0.29, 0.717) is 18.9 Å². The summed E-state index contributed by atoms with van der Waals surface area (Å²) in [6, 6.07) is 11.9. The van der Waals surface area contributed by atoms with Gasteiger partial charge in [0.05, 0.1) is 27.2 Å². The monoisotopic (exact) mass is 617 g/mol. The molecule has 2 aromatic rings. The third-order valence-electron chi connectivity index (χ3n) is 7.06. The molecule has 0 saturated carbocycles. The van der Waals surface area contributed by atoms with Crippen LogP contribution in [-0.4, -0.2) is 51.3 Å². The fraction of sp³-hybridized carbons (Fsp3) is 0.595. The summed E-state index contributed by atoms with van der Waals surface area (Å²) in [5.41, 5.74) is 4.62. The van der Waals surface area contributed by atoms with Crippen LogP contribution in [0.15, 0.2) is 42.5 Å². The van der Waals surface area contributed by atoms with Crippen LogP contribution in [0.5, 0.6) is 11.5 Å². The predicted molar refractivity (Wildman–Crippen MR) is 186 cm³/mol. The molecule has 43 heavy (non-hydrogen) atoms. The Hall–Kier alpha value is -2.50. The summed E-state index contributed by atoms with van der Waals surface area (Å²) in [6.45, 7) is 17.2. The Kier molecular flexibility index (Phi) is 25.5. The number of hydrogen-bond acceptors (Lipinski definition) is 5. The molecule has 0 radical (unpaired) electrons. The predicted octanol–water partition coefficient (Wildman–Crippen LogP) is 9.91. The van der Waals surface area contributed by atoms with E-state index in [1.165, 1.54) is 69.3 Å². The first-order valence-corrected chi connectivity index (χ1v) is 16.8. The maximum absolute atomic E-state index is 11.2. The normalized spacial score (nSPS) is 10.6. The van der Waals surface area contributed by atoms with E-state index in [4.69, 9.17) is 25.8 Å². The zero-order valence-electron chi connectivity index (χ0n) is 28.5. The zero-order chi connectivity index (χ0) is 32.3. The number of esters is 1. The van der Waals surface area contributed by atoms with Gasteiger partial charge in [-0.2, -0.15) is 0 Å². The molecule has 0 aliphatic rings. The lowest BCUT2D eigenvalue weighted by molar-refractivity contribution is -0.142. The second-order valence-corrected chi connectivity index (χ2v) is 10.5. The van der Waals surface area contributed by atoms with E-state index in [1.54, 1.807) is 21.1 Å². The minimum Gasteiger partial charge on any atom is -0.496 e. The van der Waals surface area contributed by atoms with Crippen LogP contribution >= 0.6 is 11.6 Å². The van der Waals surface area contributed by atoms with Crippen molar-refractivity contribution < 1.29 is 19.0 Å². The van der Waals surface area contributed by atoms with Gasteiger partial charge in [0.2, 0.25) is 0 Å². The van der Waals surface area contributed by atoms with Gasteiger partial charge in [0.15, 0.2) is 0 Å². The molecule has 0 atom stereocenters. The van der Waals surface area contributed by atoms with Crippen LogP contribution in [0.2, 0.25) is 0 Å². The van der Waals surface area contributed by atoms with Gasteiger partial charge in [-0.3, -0.25) is 4.79 Å². The molecule has 2 aromatic carbocycles. The second-order valence-electron chi connectivity index (χ2n) is 10.3. The van der Waals surface area contributed by atoms with Crippen molar-refractivity contribution in [2.24, 2.45) is 0 Å². The van der Waals surface area contributed by atoms with Crippen LogP contribution in [0.3, 0.4) is 0 Å². The Morgan fingerprint density at radius 3 is 1.72 bits per heavy atom. The maximum Gasteiger partial charge on any atom is 0.309 e. The van der Waals surface area contributed by atoms with E-state index < -0.39 is 0 Å². The van der Waals surface area contributed by atoms with Crippen LogP contribution in [-0.2, 0) is 28.3 Å². The fourth-order valence-corrected chi connectivity index (χ4v) is 4.87. The molecule has 0 saturated heterocycles. The van der Waals surface area contributed by atoms with E-state index in [9.17, 15) is 4.79 Å². The van der Waals surface area contributed by atoms with Gasteiger partial charge in [-0.1, -0.05) is 90.3 Å².